The second-order valence-electron chi connectivity index (χ2n) is 4.80. The Morgan fingerprint density at radius 3 is 2.50 bits per heavy atom. The lowest BCUT2D eigenvalue weighted by Gasteiger charge is -2.10. The van der Waals surface area contributed by atoms with Crippen molar-refractivity contribution in [3.05, 3.63) is 57.3 Å². The molecule has 1 heterocycles. The highest BCUT2D eigenvalue weighted by atomic mass is 79.9. The molecule has 4 heteroatoms. The van der Waals surface area contributed by atoms with E-state index in [1.54, 1.807) is 18.5 Å². The van der Waals surface area contributed by atoms with E-state index in [1.165, 1.54) is 5.56 Å². The molecule has 2 rings (SSSR count). The molecular weight excluding hydrogens is 318 g/mol. The molecule has 0 spiro atoms. The highest BCUT2D eigenvalue weighted by Crippen LogP contribution is 2.18. The number of aryl methyl sites for hydroxylation is 3. The maximum Gasteiger partial charge on any atom is 0.200 e. The van der Waals surface area contributed by atoms with Crippen molar-refractivity contribution < 1.29 is 9.53 Å². The summed E-state index contributed by atoms with van der Waals surface area (Å²) in [6, 6.07) is 5.74. The highest BCUT2D eigenvalue weighted by Gasteiger charge is 2.11. The van der Waals surface area contributed by atoms with Crippen LogP contribution in [0.3, 0.4) is 0 Å². The molecule has 20 heavy (non-hydrogen) atoms. The average Bonchev–Trinajstić information content (AvgIpc) is 2.40. The molecule has 0 N–H and O–H groups in total. The van der Waals surface area contributed by atoms with Crippen LogP contribution in [0.4, 0.5) is 0 Å². The van der Waals surface area contributed by atoms with E-state index in [-0.39, 0.29) is 12.4 Å². The Morgan fingerprint density at radius 2 is 1.80 bits per heavy atom. The van der Waals surface area contributed by atoms with Gasteiger partial charge < -0.3 is 4.74 Å². The number of benzene rings is 1. The molecule has 0 bridgehead atoms. The van der Waals surface area contributed by atoms with E-state index in [2.05, 4.69) is 20.9 Å². The van der Waals surface area contributed by atoms with E-state index >= 15 is 0 Å². The lowest BCUT2D eigenvalue weighted by atomic mass is 9.98. The van der Waals surface area contributed by atoms with Crippen molar-refractivity contribution in [3.63, 3.8) is 0 Å². The number of aromatic nitrogens is 1. The summed E-state index contributed by atoms with van der Waals surface area (Å²) in [5, 5.41) is 0. The van der Waals surface area contributed by atoms with Gasteiger partial charge in [-0.1, -0.05) is 6.07 Å². The number of carbonyl (C=O) groups excluding carboxylic acids is 1. The van der Waals surface area contributed by atoms with Gasteiger partial charge in [-0.05, 0) is 65.5 Å². The molecule has 1 aromatic carbocycles. The van der Waals surface area contributed by atoms with Gasteiger partial charge in [-0.2, -0.15) is 0 Å². The molecule has 0 aliphatic carbocycles. The van der Waals surface area contributed by atoms with Crippen molar-refractivity contribution in [2.45, 2.75) is 20.8 Å². The third-order valence-corrected chi connectivity index (χ3v) is 3.62. The van der Waals surface area contributed by atoms with E-state index in [9.17, 15) is 4.79 Å². The normalized spacial score (nSPS) is 10.4. The molecule has 104 valence electrons. The molecule has 0 unspecified atom stereocenters. The summed E-state index contributed by atoms with van der Waals surface area (Å²) in [7, 11) is 0. The molecule has 0 saturated carbocycles. The van der Waals surface area contributed by atoms with Gasteiger partial charge in [0.05, 0.1) is 6.20 Å². The molecule has 2 aromatic rings. The average molecular weight is 334 g/mol. The fourth-order valence-corrected chi connectivity index (χ4v) is 2.30. The molecule has 3 nitrogen and oxygen atoms in total. The van der Waals surface area contributed by atoms with E-state index in [4.69, 9.17) is 4.74 Å². The van der Waals surface area contributed by atoms with Gasteiger partial charge in [-0.3, -0.25) is 9.78 Å². The van der Waals surface area contributed by atoms with E-state index in [0.29, 0.717) is 5.75 Å². The maximum atomic E-state index is 12.2. The first-order chi connectivity index (χ1) is 9.47. The summed E-state index contributed by atoms with van der Waals surface area (Å²) in [6.45, 7) is 6.01. The molecule has 0 aliphatic rings. The van der Waals surface area contributed by atoms with Crippen LogP contribution < -0.4 is 4.74 Å². The number of halogens is 1. The van der Waals surface area contributed by atoms with Crippen LogP contribution in [0.2, 0.25) is 0 Å². The smallest absolute Gasteiger partial charge is 0.200 e. The van der Waals surface area contributed by atoms with Crippen LogP contribution in [0.5, 0.6) is 5.75 Å². The summed E-state index contributed by atoms with van der Waals surface area (Å²) in [6.07, 6.45) is 3.26. The molecule has 0 atom stereocenters. The van der Waals surface area contributed by atoms with Crippen LogP contribution in [-0.4, -0.2) is 17.4 Å². The van der Waals surface area contributed by atoms with Crippen molar-refractivity contribution in [1.29, 1.82) is 0 Å². The van der Waals surface area contributed by atoms with Gasteiger partial charge in [-0.15, -0.1) is 0 Å². The van der Waals surface area contributed by atoms with Crippen LogP contribution in [0.25, 0.3) is 0 Å². The first kappa shape index (κ1) is 14.7. The topological polar surface area (TPSA) is 39.2 Å². The zero-order valence-corrected chi connectivity index (χ0v) is 13.3. The summed E-state index contributed by atoms with van der Waals surface area (Å²) >= 11 is 3.32. The van der Waals surface area contributed by atoms with E-state index in [0.717, 1.165) is 21.2 Å². The van der Waals surface area contributed by atoms with Crippen molar-refractivity contribution >= 4 is 21.7 Å². The molecule has 0 saturated heterocycles. The standard InChI is InChI=1S/C16H16BrNO2/c1-10-4-12(3)15(5-11(10)2)16(19)9-20-14-6-13(17)7-18-8-14/h4-8H,9H2,1-3H3. The molecule has 0 amide bonds. The highest BCUT2D eigenvalue weighted by molar-refractivity contribution is 9.10. The minimum absolute atomic E-state index is 0.0154. The Bertz CT molecular complexity index is 653. The minimum Gasteiger partial charge on any atom is -0.484 e. The lowest BCUT2D eigenvalue weighted by Crippen LogP contribution is -2.13. The second-order valence-corrected chi connectivity index (χ2v) is 5.72. The molecular formula is C16H16BrNO2. The lowest BCUT2D eigenvalue weighted by molar-refractivity contribution is 0.0920. The third kappa shape index (κ3) is 3.45. The number of ketones is 1. The van der Waals surface area contributed by atoms with Gasteiger partial charge >= 0.3 is 0 Å². The maximum absolute atomic E-state index is 12.2. The van der Waals surface area contributed by atoms with Crippen LogP contribution >= 0.6 is 15.9 Å². The quantitative estimate of drug-likeness (QED) is 0.793. The largest absolute Gasteiger partial charge is 0.484 e. The van der Waals surface area contributed by atoms with Crippen LogP contribution in [0.1, 0.15) is 27.0 Å². The number of carbonyl (C=O) groups is 1. The monoisotopic (exact) mass is 333 g/mol. The minimum atomic E-state index is -0.0226. The summed E-state index contributed by atoms with van der Waals surface area (Å²) < 4.78 is 6.31. The fraction of sp³-hybridized carbons (Fsp3) is 0.250. The van der Waals surface area contributed by atoms with Gasteiger partial charge in [0.1, 0.15) is 5.75 Å². The summed E-state index contributed by atoms with van der Waals surface area (Å²) in [4.78, 5) is 16.2. The number of hydrogen-bond donors (Lipinski definition) is 0. The first-order valence-corrected chi connectivity index (χ1v) is 7.11. The van der Waals surface area contributed by atoms with E-state index < -0.39 is 0 Å². The van der Waals surface area contributed by atoms with Crippen molar-refractivity contribution in [1.82, 2.24) is 4.98 Å². The second kappa shape index (κ2) is 6.18. The number of ether oxygens (including phenoxy) is 1. The predicted octanol–water partition coefficient (Wildman–Crippen LogP) is 4.03. The third-order valence-electron chi connectivity index (χ3n) is 3.19. The Morgan fingerprint density at radius 1 is 1.10 bits per heavy atom. The van der Waals surface area contributed by atoms with Gasteiger partial charge in [0, 0.05) is 16.2 Å². The van der Waals surface area contributed by atoms with Gasteiger partial charge in [0.25, 0.3) is 0 Å². The van der Waals surface area contributed by atoms with Crippen molar-refractivity contribution in [2.24, 2.45) is 0 Å². The fourth-order valence-electron chi connectivity index (χ4n) is 1.96. The van der Waals surface area contributed by atoms with E-state index in [1.807, 2.05) is 32.9 Å². The van der Waals surface area contributed by atoms with Crippen LogP contribution in [0.15, 0.2) is 35.1 Å². The number of pyridine rings is 1. The van der Waals surface area contributed by atoms with Crippen LogP contribution in [-0.2, 0) is 0 Å². The molecule has 1 aromatic heterocycles. The Kier molecular flexibility index (Phi) is 4.55. The Balaban J connectivity index is 2.11. The van der Waals surface area contributed by atoms with Crippen LogP contribution in [0, 0.1) is 20.8 Å². The molecule has 0 fully saturated rings. The number of rotatable bonds is 4. The summed E-state index contributed by atoms with van der Waals surface area (Å²) in [5.74, 6) is 0.555. The number of nitrogens with zero attached hydrogens (tertiary/aromatic N) is 1. The number of hydrogen-bond acceptors (Lipinski definition) is 3. The Labute approximate surface area is 127 Å². The molecule has 0 radical (unpaired) electrons. The van der Waals surface area contributed by atoms with Crippen molar-refractivity contribution in [3.8, 4) is 5.75 Å². The Hall–Kier alpha value is -1.68. The summed E-state index contributed by atoms with van der Waals surface area (Å²) in [5.41, 5.74) is 4.00. The van der Waals surface area contributed by atoms with Gasteiger partial charge in [-0.25, -0.2) is 0 Å². The number of Topliss-reactive ketones (excluding diaryl/α,β-unsaturated/α-hetero) is 1. The molecule has 0 aliphatic heterocycles. The zero-order valence-electron chi connectivity index (χ0n) is 11.7. The predicted molar refractivity (Wildman–Crippen MR) is 82.4 cm³/mol. The van der Waals surface area contributed by atoms with Crippen molar-refractivity contribution in [2.75, 3.05) is 6.61 Å². The first-order valence-electron chi connectivity index (χ1n) is 6.32. The SMILES string of the molecule is Cc1cc(C)c(C(=O)COc2cncc(Br)c2)cc1C. The van der Waals surface area contributed by atoms with Gasteiger partial charge in [0.15, 0.2) is 12.4 Å². The zero-order chi connectivity index (χ0) is 14.7. The van der Waals surface area contributed by atoms with Gasteiger partial charge in [0.2, 0.25) is 0 Å².